The Bertz CT molecular complexity index is 282. The fourth-order valence-electron chi connectivity index (χ4n) is 1.13. The lowest BCUT2D eigenvalue weighted by Crippen LogP contribution is -2.25. The van der Waals surface area contributed by atoms with E-state index in [1.54, 1.807) is 6.07 Å². The molecule has 0 fully saturated rings. The summed E-state index contributed by atoms with van der Waals surface area (Å²) in [5.74, 6) is 0.202. The predicted molar refractivity (Wildman–Crippen MR) is 57.0 cm³/mol. The van der Waals surface area contributed by atoms with Gasteiger partial charge in [-0.25, -0.2) is 0 Å². The number of aromatic hydroxyl groups is 1. The van der Waals surface area contributed by atoms with Gasteiger partial charge in [-0.05, 0) is 25.5 Å². The van der Waals surface area contributed by atoms with E-state index in [-0.39, 0.29) is 5.75 Å². The first-order valence-corrected chi connectivity index (χ1v) is 4.70. The highest BCUT2D eigenvalue weighted by Crippen LogP contribution is 2.05. The standard InChI is InChI=1S/C11H16N2O/c1-3-4-9(2)12-7-10-5-6-11(14)8-13-10/h3,5-6,8-9,12,14H,1,4,7H2,2H3. The highest BCUT2D eigenvalue weighted by molar-refractivity contribution is 5.17. The van der Waals surface area contributed by atoms with E-state index in [9.17, 15) is 0 Å². The molecule has 0 aromatic carbocycles. The molecule has 0 radical (unpaired) electrons. The molecule has 0 aliphatic carbocycles. The van der Waals surface area contributed by atoms with Gasteiger partial charge in [0.2, 0.25) is 0 Å². The summed E-state index contributed by atoms with van der Waals surface area (Å²) in [5, 5.41) is 12.3. The van der Waals surface area contributed by atoms with Crippen LogP contribution < -0.4 is 5.32 Å². The number of hydrogen-bond donors (Lipinski definition) is 2. The van der Waals surface area contributed by atoms with Gasteiger partial charge in [0.25, 0.3) is 0 Å². The van der Waals surface area contributed by atoms with Crippen LogP contribution in [0.15, 0.2) is 31.0 Å². The lowest BCUT2D eigenvalue weighted by Gasteiger charge is -2.10. The van der Waals surface area contributed by atoms with E-state index in [0.717, 1.165) is 18.7 Å². The molecule has 0 amide bonds. The predicted octanol–water partition coefficient (Wildman–Crippen LogP) is 1.84. The summed E-state index contributed by atoms with van der Waals surface area (Å²) in [7, 11) is 0. The van der Waals surface area contributed by atoms with E-state index < -0.39 is 0 Å². The number of aromatic nitrogens is 1. The Hall–Kier alpha value is -1.35. The van der Waals surface area contributed by atoms with Crippen LogP contribution in [-0.4, -0.2) is 16.1 Å². The minimum absolute atomic E-state index is 0.202. The second kappa shape index (κ2) is 5.40. The summed E-state index contributed by atoms with van der Waals surface area (Å²) < 4.78 is 0. The molecule has 1 unspecified atom stereocenters. The Balaban J connectivity index is 2.37. The van der Waals surface area contributed by atoms with E-state index in [2.05, 4.69) is 23.8 Å². The molecule has 1 atom stereocenters. The molecule has 0 aliphatic rings. The molecule has 1 heterocycles. The number of hydrogen-bond acceptors (Lipinski definition) is 3. The van der Waals surface area contributed by atoms with Gasteiger partial charge < -0.3 is 10.4 Å². The molecule has 1 aromatic heterocycles. The molecule has 0 saturated heterocycles. The van der Waals surface area contributed by atoms with Crippen LogP contribution in [0.3, 0.4) is 0 Å². The Morgan fingerprint density at radius 2 is 2.43 bits per heavy atom. The zero-order chi connectivity index (χ0) is 10.4. The van der Waals surface area contributed by atoms with Crippen molar-refractivity contribution in [1.29, 1.82) is 0 Å². The average Bonchev–Trinajstić information content (AvgIpc) is 2.17. The molecule has 1 aromatic rings. The highest BCUT2D eigenvalue weighted by Gasteiger charge is 1.99. The molecule has 1 rings (SSSR count). The summed E-state index contributed by atoms with van der Waals surface area (Å²) in [6.45, 7) is 6.50. The van der Waals surface area contributed by atoms with Crippen LogP contribution in [0.5, 0.6) is 5.75 Å². The first kappa shape index (κ1) is 10.7. The van der Waals surface area contributed by atoms with Crippen LogP contribution >= 0.6 is 0 Å². The third kappa shape index (κ3) is 3.58. The second-order valence-corrected chi connectivity index (χ2v) is 3.31. The van der Waals surface area contributed by atoms with Gasteiger partial charge >= 0.3 is 0 Å². The van der Waals surface area contributed by atoms with Crippen LogP contribution in [0, 0.1) is 0 Å². The van der Waals surface area contributed by atoms with Gasteiger partial charge in [0.15, 0.2) is 0 Å². The number of nitrogens with one attached hydrogen (secondary N) is 1. The van der Waals surface area contributed by atoms with E-state index in [1.165, 1.54) is 6.20 Å². The van der Waals surface area contributed by atoms with Crippen LogP contribution in [0.4, 0.5) is 0 Å². The molecule has 0 spiro atoms. The van der Waals surface area contributed by atoms with E-state index in [0.29, 0.717) is 6.04 Å². The maximum absolute atomic E-state index is 9.02. The van der Waals surface area contributed by atoms with Crippen molar-refractivity contribution in [2.45, 2.75) is 25.9 Å². The van der Waals surface area contributed by atoms with Crippen molar-refractivity contribution in [3.8, 4) is 5.75 Å². The minimum atomic E-state index is 0.202. The molecule has 2 N–H and O–H groups in total. The van der Waals surface area contributed by atoms with Crippen LogP contribution in [0.25, 0.3) is 0 Å². The summed E-state index contributed by atoms with van der Waals surface area (Å²) in [6.07, 6.45) is 4.29. The van der Waals surface area contributed by atoms with Crippen molar-refractivity contribution in [3.63, 3.8) is 0 Å². The van der Waals surface area contributed by atoms with Crippen LogP contribution in [-0.2, 0) is 6.54 Å². The first-order valence-electron chi connectivity index (χ1n) is 4.70. The summed E-state index contributed by atoms with van der Waals surface area (Å²) in [4.78, 5) is 4.07. The Labute approximate surface area is 84.5 Å². The quantitative estimate of drug-likeness (QED) is 0.700. The summed E-state index contributed by atoms with van der Waals surface area (Å²) in [6, 6.07) is 3.86. The molecule has 3 heteroatoms. The third-order valence-corrected chi connectivity index (χ3v) is 1.96. The molecule has 0 aliphatic heterocycles. The fourth-order valence-corrected chi connectivity index (χ4v) is 1.13. The normalized spacial score (nSPS) is 12.4. The molecular formula is C11H16N2O. The van der Waals surface area contributed by atoms with E-state index in [4.69, 9.17) is 5.11 Å². The summed E-state index contributed by atoms with van der Waals surface area (Å²) >= 11 is 0. The molecule has 0 saturated carbocycles. The van der Waals surface area contributed by atoms with Crippen LogP contribution in [0.2, 0.25) is 0 Å². The van der Waals surface area contributed by atoms with Crippen molar-refractivity contribution >= 4 is 0 Å². The molecule has 3 nitrogen and oxygen atoms in total. The first-order chi connectivity index (χ1) is 6.72. The Kier molecular flexibility index (Phi) is 4.13. The highest BCUT2D eigenvalue weighted by atomic mass is 16.3. The van der Waals surface area contributed by atoms with Gasteiger partial charge in [0.05, 0.1) is 11.9 Å². The zero-order valence-electron chi connectivity index (χ0n) is 8.40. The monoisotopic (exact) mass is 192 g/mol. The fraction of sp³-hybridized carbons (Fsp3) is 0.364. The van der Waals surface area contributed by atoms with Gasteiger partial charge in [0.1, 0.15) is 5.75 Å². The number of nitrogens with zero attached hydrogens (tertiary/aromatic N) is 1. The Morgan fingerprint density at radius 1 is 1.64 bits per heavy atom. The average molecular weight is 192 g/mol. The molecule has 76 valence electrons. The van der Waals surface area contributed by atoms with Gasteiger partial charge in [-0.15, -0.1) is 6.58 Å². The number of rotatable bonds is 5. The van der Waals surface area contributed by atoms with Gasteiger partial charge in [-0.3, -0.25) is 4.98 Å². The van der Waals surface area contributed by atoms with E-state index in [1.807, 2.05) is 12.1 Å². The third-order valence-electron chi connectivity index (χ3n) is 1.96. The maximum Gasteiger partial charge on any atom is 0.133 e. The van der Waals surface area contributed by atoms with Crippen molar-refractivity contribution in [2.24, 2.45) is 0 Å². The van der Waals surface area contributed by atoms with Gasteiger partial charge in [0, 0.05) is 12.6 Å². The maximum atomic E-state index is 9.02. The molecule has 0 bridgehead atoms. The van der Waals surface area contributed by atoms with Crippen molar-refractivity contribution in [3.05, 3.63) is 36.7 Å². The molecule has 14 heavy (non-hydrogen) atoms. The topological polar surface area (TPSA) is 45.1 Å². The largest absolute Gasteiger partial charge is 0.506 e. The molecular weight excluding hydrogens is 176 g/mol. The van der Waals surface area contributed by atoms with Crippen molar-refractivity contribution in [2.75, 3.05) is 0 Å². The second-order valence-electron chi connectivity index (χ2n) is 3.31. The Morgan fingerprint density at radius 3 is 3.00 bits per heavy atom. The van der Waals surface area contributed by atoms with E-state index >= 15 is 0 Å². The minimum Gasteiger partial charge on any atom is -0.506 e. The summed E-state index contributed by atoms with van der Waals surface area (Å²) in [5.41, 5.74) is 0.929. The number of pyridine rings is 1. The van der Waals surface area contributed by atoms with Gasteiger partial charge in [-0.1, -0.05) is 6.08 Å². The van der Waals surface area contributed by atoms with Crippen molar-refractivity contribution < 1.29 is 5.11 Å². The van der Waals surface area contributed by atoms with Gasteiger partial charge in [-0.2, -0.15) is 0 Å². The lowest BCUT2D eigenvalue weighted by molar-refractivity contribution is 0.471. The zero-order valence-corrected chi connectivity index (χ0v) is 8.40. The SMILES string of the molecule is C=CCC(C)NCc1ccc(O)cn1. The van der Waals surface area contributed by atoms with Crippen molar-refractivity contribution in [1.82, 2.24) is 10.3 Å². The smallest absolute Gasteiger partial charge is 0.133 e. The van der Waals surface area contributed by atoms with Crippen LogP contribution in [0.1, 0.15) is 19.0 Å². The lowest BCUT2D eigenvalue weighted by atomic mass is 10.2.